The highest BCUT2D eigenvalue weighted by molar-refractivity contribution is 5.96. The number of amides is 2. The second kappa shape index (κ2) is 9.77. The second-order valence-corrected chi connectivity index (χ2v) is 6.51. The smallest absolute Gasteiger partial charge is 0.342 e. The average Bonchev–Trinajstić information content (AvgIpc) is 2.97. The Balaban J connectivity index is 1.84. The lowest BCUT2D eigenvalue weighted by Gasteiger charge is -2.21. The molecule has 0 unspecified atom stereocenters. The number of rotatable bonds is 7. The molecule has 0 aliphatic carbocycles. The summed E-state index contributed by atoms with van der Waals surface area (Å²) in [5.74, 6) is -0.703. The van der Waals surface area contributed by atoms with Crippen molar-refractivity contribution in [1.82, 2.24) is 10.9 Å². The Labute approximate surface area is 170 Å². The molecule has 0 spiro atoms. The Bertz CT molecular complexity index is 882. The van der Waals surface area contributed by atoms with Crippen LogP contribution in [0.25, 0.3) is 0 Å². The molecule has 29 heavy (non-hydrogen) atoms. The van der Waals surface area contributed by atoms with Crippen LogP contribution in [0, 0.1) is 20.8 Å². The molecule has 0 fully saturated rings. The van der Waals surface area contributed by atoms with Gasteiger partial charge in [0, 0.05) is 29.9 Å². The van der Waals surface area contributed by atoms with E-state index in [1.807, 2.05) is 12.1 Å². The molecule has 1 aromatic heterocycles. The first-order valence-electron chi connectivity index (χ1n) is 9.46. The van der Waals surface area contributed by atoms with Gasteiger partial charge in [0.05, 0.1) is 0 Å². The van der Waals surface area contributed by atoms with Crippen LogP contribution in [0.1, 0.15) is 51.6 Å². The number of hydrogen-bond acceptors (Lipinski definition) is 6. The van der Waals surface area contributed by atoms with E-state index in [9.17, 15) is 14.4 Å². The maximum absolute atomic E-state index is 12.2. The molecule has 2 amide bonds. The maximum Gasteiger partial charge on any atom is 0.342 e. The number of hydrazine groups is 1. The molecule has 0 saturated heterocycles. The van der Waals surface area contributed by atoms with Gasteiger partial charge in [-0.25, -0.2) is 4.79 Å². The van der Waals surface area contributed by atoms with E-state index in [0.717, 1.165) is 18.8 Å². The highest BCUT2D eigenvalue weighted by atomic mass is 16.5. The van der Waals surface area contributed by atoms with E-state index in [1.54, 1.807) is 32.9 Å². The predicted molar refractivity (Wildman–Crippen MR) is 109 cm³/mol. The van der Waals surface area contributed by atoms with Gasteiger partial charge in [0.25, 0.3) is 11.8 Å². The van der Waals surface area contributed by atoms with Crippen molar-refractivity contribution in [3.63, 3.8) is 0 Å². The summed E-state index contributed by atoms with van der Waals surface area (Å²) in [6.07, 6.45) is 0. The van der Waals surface area contributed by atoms with Crippen LogP contribution in [0.3, 0.4) is 0 Å². The summed E-state index contributed by atoms with van der Waals surface area (Å²) in [7, 11) is 0. The van der Waals surface area contributed by atoms with Crippen LogP contribution in [0.2, 0.25) is 0 Å². The number of nitrogens with zero attached hydrogens (tertiary/aromatic N) is 1. The number of ether oxygens (including phenoxy) is 1. The minimum atomic E-state index is -0.651. The van der Waals surface area contributed by atoms with Crippen LogP contribution in [-0.2, 0) is 9.53 Å². The SMILES string of the molecule is CCN(CC)c1ccc(C(=O)NNC(=O)COC(=O)c2c(C)oc(C)c2C)cc1. The number of carbonyl (C=O) groups is 3. The molecular weight excluding hydrogens is 374 g/mol. The molecule has 8 nitrogen and oxygen atoms in total. The number of furan rings is 1. The van der Waals surface area contributed by atoms with Gasteiger partial charge in [-0.2, -0.15) is 0 Å². The first-order chi connectivity index (χ1) is 13.8. The third-order valence-corrected chi connectivity index (χ3v) is 4.67. The Kier molecular flexibility index (Phi) is 7.41. The van der Waals surface area contributed by atoms with Gasteiger partial charge >= 0.3 is 5.97 Å². The van der Waals surface area contributed by atoms with Gasteiger partial charge in [0.2, 0.25) is 0 Å². The fourth-order valence-corrected chi connectivity index (χ4v) is 2.94. The van der Waals surface area contributed by atoms with Crippen LogP contribution in [-0.4, -0.2) is 37.5 Å². The molecular formula is C21H27N3O5. The average molecular weight is 401 g/mol. The Morgan fingerprint density at radius 3 is 2.10 bits per heavy atom. The summed E-state index contributed by atoms with van der Waals surface area (Å²) in [6, 6.07) is 7.07. The summed E-state index contributed by atoms with van der Waals surface area (Å²) < 4.78 is 10.4. The monoisotopic (exact) mass is 401 g/mol. The van der Waals surface area contributed by atoms with E-state index in [0.29, 0.717) is 28.2 Å². The second-order valence-electron chi connectivity index (χ2n) is 6.51. The number of anilines is 1. The van der Waals surface area contributed by atoms with Crippen molar-refractivity contribution in [2.45, 2.75) is 34.6 Å². The highest BCUT2D eigenvalue weighted by Crippen LogP contribution is 2.21. The van der Waals surface area contributed by atoms with E-state index in [1.165, 1.54) is 0 Å². The Morgan fingerprint density at radius 1 is 0.966 bits per heavy atom. The summed E-state index contributed by atoms with van der Waals surface area (Å²) in [5, 5.41) is 0. The lowest BCUT2D eigenvalue weighted by molar-refractivity contribution is -0.125. The van der Waals surface area contributed by atoms with Crippen LogP contribution < -0.4 is 15.8 Å². The largest absolute Gasteiger partial charge is 0.465 e. The number of hydrogen-bond donors (Lipinski definition) is 2. The van der Waals surface area contributed by atoms with E-state index in [-0.39, 0.29) is 0 Å². The molecule has 156 valence electrons. The number of aryl methyl sites for hydroxylation is 2. The molecule has 2 rings (SSSR count). The lowest BCUT2D eigenvalue weighted by Crippen LogP contribution is -2.43. The number of esters is 1. The zero-order valence-electron chi connectivity index (χ0n) is 17.4. The van der Waals surface area contributed by atoms with Gasteiger partial charge in [0.1, 0.15) is 17.1 Å². The topological polar surface area (TPSA) is 101 Å². The number of benzene rings is 1. The van der Waals surface area contributed by atoms with E-state index in [2.05, 4.69) is 29.6 Å². The zero-order valence-corrected chi connectivity index (χ0v) is 17.4. The maximum atomic E-state index is 12.2. The van der Waals surface area contributed by atoms with E-state index >= 15 is 0 Å². The molecule has 0 bridgehead atoms. The fraction of sp³-hybridized carbons (Fsp3) is 0.381. The molecule has 2 aromatic rings. The quantitative estimate of drug-likeness (QED) is 0.546. The van der Waals surface area contributed by atoms with Gasteiger partial charge in [0.15, 0.2) is 6.61 Å². The van der Waals surface area contributed by atoms with Crippen molar-refractivity contribution >= 4 is 23.5 Å². The molecule has 1 aromatic carbocycles. The summed E-state index contributed by atoms with van der Waals surface area (Å²) >= 11 is 0. The van der Waals surface area contributed by atoms with Crippen molar-refractivity contribution in [1.29, 1.82) is 0 Å². The molecule has 0 aliphatic heterocycles. The van der Waals surface area contributed by atoms with Gasteiger partial charge < -0.3 is 14.1 Å². The van der Waals surface area contributed by atoms with Crippen molar-refractivity contribution in [2.75, 3.05) is 24.6 Å². The van der Waals surface area contributed by atoms with Crippen molar-refractivity contribution in [3.8, 4) is 0 Å². The van der Waals surface area contributed by atoms with Crippen molar-refractivity contribution in [3.05, 3.63) is 52.5 Å². The van der Waals surface area contributed by atoms with Gasteiger partial charge in [-0.3, -0.25) is 20.4 Å². The van der Waals surface area contributed by atoms with E-state index < -0.39 is 24.4 Å². The molecule has 0 saturated carbocycles. The Morgan fingerprint density at radius 2 is 1.59 bits per heavy atom. The molecule has 0 radical (unpaired) electrons. The van der Waals surface area contributed by atoms with E-state index in [4.69, 9.17) is 9.15 Å². The molecule has 1 heterocycles. The minimum absolute atomic E-state index is 0.313. The van der Waals surface area contributed by atoms with Gasteiger partial charge in [-0.1, -0.05) is 0 Å². The lowest BCUT2D eigenvalue weighted by atomic mass is 10.1. The van der Waals surface area contributed by atoms with Crippen molar-refractivity contribution < 1.29 is 23.5 Å². The Hall–Kier alpha value is -3.29. The molecule has 0 aliphatic rings. The predicted octanol–water partition coefficient (Wildman–Crippen LogP) is 2.67. The summed E-state index contributed by atoms with van der Waals surface area (Å²) in [4.78, 5) is 38.3. The van der Waals surface area contributed by atoms with Crippen LogP contribution in [0.4, 0.5) is 5.69 Å². The van der Waals surface area contributed by atoms with Crippen LogP contribution in [0.15, 0.2) is 28.7 Å². The number of carbonyl (C=O) groups excluding carboxylic acids is 3. The normalized spacial score (nSPS) is 10.4. The molecule has 2 N–H and O–H groups in total. The molecule has 0 atom stereocenters. The minimum Gasteiger partial charge on any atom is -0.465 e. The van der Waals surface area contributed by atoms with Gasteiger partial charge in [-0.15, -0.1) is 0 Å². The third-order valence-electron chi connectivity index (χ3n) is 4.67. The fourth-order valence-electron chi connectivity index (χ4n) is 2.94. The summed E-state index contributed by atoms with van der Waals surface area (Å²) in [6.45, 7) is 10.5. The first kappa shape index (κ1) is 22.0. The standard InChI is InChI=1S/C21H27N3O5/c1-6-24(7-2)17-10-8-16(9-11-17)20(26)23-22-18(25)12-28-21(27)19-13(3)14(4)29-15(19)5/h8-11H,6-7,12H2,1-5H3,(H,22,25)(H,23,26). The van der Waals surface area contributed by atoms with Crippen LogP contribution in [0.5, 0.6) is 0 Å². The molecule has 8 heteroatoms. The summed E-state index contributed by atoms with van der Waals surface area (Å²) in [5.41, 5.74) is 6.94. The first-order valence-corrected chi connectivity index (χ1v) is 9.46. The highest BCUT2D eigenvalue weighted by Gasteiger charge is 2.20. The van der Waals surface area contributed by atoms with Gasteiger partial charge in [-0.05, 0) is 58.9 Å². The third kappa shape index (κ3) is 5.37. The van der Waals surface area contributed by atoms with Crippen LogP contribution >= 0.6 is 0 Å². The zero-order chi connectivity index (χ0) is 21.6. The van der Waals surface area contributed by atoms with Crippen molar-refractivity contribution in [2.24, 2.45) is 0 Å². The number of nitrogens with one attached hydrogen (secondary N) is 2.